The van der Waals surface area contributed by atoms with Crippen molar-refractivity contribution in [3.05, 3.63) is 29.8 Å². The molecule has 0 bridgehead atoms. The zero-order valence-corrected chi connectivity index (χ0v) is 30.3. The number of carboxylic acid groups (broad SMARTS) is 1. The lowest BCUT2D eigenvalue weighted by Crippen LogP contribution is -2.52. The summed E-state index contributed by atoms with van der Waals surface area (Å²) in [6.45, 7) is 12.9. The zero-order valence-electron chi connectivity index (χ0n) is 30.3. The van der Waals surface area contributed by atoms with Crippen LogP contribution in [0.15, 0.2) is 24.3 Å². The van der Waals surface area contributed by atoms with E-state index in [0.29, 0.717) is 37.5 Å². The summed E-state index contributed by atoms with van der Waals surface area (Å²) in [5.41, 5.74) is 0.924. The fourth-order valence-corrected chi connectivity index (χ4v) is 5.55. The molecule has 1 saturated heterocycles. The molecule has 0 spiro atoms. The SMILES string of the molecule is CC(C)C[C@@H](C(=O)O[C@H](C)C(=O)O)N(C)C(=O)[C@@H](Cc1ccc(N2CCOCC2)cc1)OC(=O)[C@H](CCC1CC1)N(C)C(=O)OC(C)(C)C. The van der Waals surface area contributed by atoms with Crippen LogP contribution in [0.2, 0.25) is 0 Å². The zero-order chi connectivity index (χ0) is 36.5. The van der Waals surface area contributed by atoms with Crippen molar-refractivity contribution in [1.82, 2.24) is 9.80 Å². The molecule has 13 nitrogen and oxygen atoms in total. The molecule has 49 heavy (non-hydrogen) atoms. The number of rotatable bonds is 16. The van der Waals surface area contributed by atoms with Gasteiger partial charge in [0, 0.05) is 39.3 Å². The first-order chi connectivity index (χ1) is 23.0. The highest BCUT2D eigenvalue weighted by molar-refractivity contribution is 5.90. The van der Waals surface area contributed by atoms with E-state index in [1.807, 2.05) is 38.1 Å². The van der Waals surface area contributed by atoms with Gasteiger partial charge < -0.3 is 33.9 Å². The summed E-state index contributed by atoms with van der Waals surface area (Å²) >= 11 is 0. The molecule has 13 heteroatoms. The van der Waals surface area contributed by atoms with Crippen molar-refractivity contribution < 1.29 is 48.0 Å². The van der Waals surface area contributed by atoms with Gasteiger partial charge in [0.05, 0.1) is 13.2 Å². The van der Waals surface area contributed by atoms with Gasteiger partial charge in [-0.3, -0.25) is 9.69 Å². The third kappa shape index (κ3) is 12.5. The predicted molar refractivity (Wildman–Crippen MR) is 182 cm³/mol. The Morgan fingerprint density at radius 1 is 0.918 bits per heavy atom. The minimum Gasteiger partial charge on any atom is -0.479 e. The number of esters is 2. The van der Waals surface area contributed by atoms with E-state index in [0.717, 1.165) is 31.6 Å². The number of hydrogen-bond donors (Lipinski definition) is 1. The largest absolute Gasteiger partial charge is 0.479 e. The molecule has 1 heterocycles. The molecule has 1 aliphatic carbocycles. The average molecular weight is 690 g/mol. The lowest BCUT2D eigenvalue weighted by Gasteiger charge is -2.33. The first kappa shape index (κ1) is 39.6. The van der Waals surface area contributed by atoms with Crippen LogP contribution in [0.1, 0.15) is 79.2 Å². The second-order valence-electron chi connectivity index (χ2n) is 14.5. The standard InChI is InChI=1S/C36H55N3O10/c1-23(2)21-29(34(44)47-24(3)32(41)42)37(7)31(40)30(22-26-11-14-27(15-12-26)39-17-19-46-20-18-39)48-33(43)28(16-13-25-9-10-25)38(8)35(45)49-36(4,5)6/h11-12,14-15,23-25,28-30H,9-10,13,16-22H2,1-8H3,(H,41,42)/t24-,28+,29+,30-/m1/s1. The Bertz CT molecular complexity index is 1280. The Balaban J connectivity index is 1.91. The number of amides is 2. The van der Waals surface area contributed by atoms with E-state index < -0.39 is 59.8 Å². The summed E-state index contributed by atoms with van der Waals surface area (Å²) < 4.78 is 22.2. The molecule has 1 aromatic carbocycles. The Morgan fingerprint density at radius 3 is 2.04 bits per heavy atom. The van der Waals surface area contributed by atoms with Crippen molar-refractivity contribution in [1.29, 1.82) is 0 Å². The lowest BCUT2D eigenvalue weighted by atomic mass is 10.0. The van der Waals surface area contributed by atoms with Gasteiger partial charge in [-0.15, -0.1) is 0 Å². The molecule has 2 amide bonds. The number of anilines is 1. The van der Waals surface area contributed by atoms with Crippen LogP contribution in [0.25, 0.3) is 0 Å². The molecule has 0 unspecified atom stereocenters. The van der Waals surface area contributed by atoms with E-state index in [1.165, 1.54) is 30.8 Å². The number of benzene rings is 1. The molecular weight excluding hydrogens is 634 g/mol. The van der Waals surface area contributed by atoms with Crippen LogP contribution < -0.4 is 4.90 Å². The molecule has 3 rings (SSSR count). The third-order valence-corrected chi connectivity index (χ3v) is 8.66. The number of carbonyl (C=O) groups is 5. The predicted octanol–water partition coefficient (Wildman–Crippen LogP) is 4.29. The Morgan fingerprint density at radius 2 is 1.51 bits per heavy atom. The second-order valence-corrected chi connectivity index (χ2v) is 14.5. The molecule has 0 aromatic heterocycles. The van der Waals surface area contributed by atoms with E-state index >= 15 is 0 Å². The van der Waals surface area contributed by atoms with Gasteiger partial charge in [-0.05, 0) is 76.5 Å². The number of morpholine rings is 1. The molecule has 1 N–H and O–H groups in total. The van der Waals surface area contributed by atoms with Crippen LogP contribution >= 0.6 is 0 Å². The molecular formula is C36H55N3O10. The van der Waals surface area contributed by atoms with Crippen LogP contribution in [0.3, 0.4) is 0 Å². The highest BCUT2D eigenvalue weighted by Gasteiger charge is 2.39. The highest BCUT2D eigenvalue weighted by Crippen LogP contribution is 2.34. The minimum absolute atomic E-state index is 0.00121. The summed E-state index contributed by atoms with van der Waals surface area (Å²) in [7, 11) is 2.90. The Kier molecular flexibility index (Phi) is 14.3. The smallest absolute Gasteiger partial charge is 0.410 e. The molecule has 2 fully saturated rings. The van der Waals surface area contributed by atoms with Gasteiger partial charge in [-0.2, -0.15) is 0 Å². The summed E-state index contributed by atoms with van der Waals surface area (Å²) in [5, 5.41) is 9.32. The van der Waals surface area contributed by atoms with Crippen LogP contribution in [-0.2, 0) is 44.5 Å². The van der Waals surface area contributed by atoms with E-state index in [4.69, 9.17) is 18.9 Å². The number of likely N-dealkylation sites (N-methyl/N-ethyl adjacent to an activating group) is 2. The van der Waals surface area contributed by atoms with Crippen molar-refractivity contribution >= 4 is 35.6 Å². The fraction of sp³-hybridized carbons (Fsp3) is 0.694. The van der Waals surface area contributed by atoms with Crippen LogP contribution in [-0.4, -0.2) is 115 Å². The van der Waals surface area contributed by atoms with Crippen molar-refractivity contribution in [2.24, 2.45) is 11.8 Å². The number of carboxylic acids is 1. The van der Waals surface area contributed by atoms with E-state index in [1.54, 1.807) is 20.8 Å². The first-order valence-electron chi connectivity index (χ1n) is 17.2. The molecule has 1 aromatic rings. The molecule has 1 aliphatic heterocycles. The summed E-state index contributed by atoms with van der Waals surface area (Å²) in [6.07, 6.45) is -0.126. The summed E-state index contributed by atoms with van der Waals surface area (Å²) in [4.78, 5) is 70.5. The third-order valence-electron chi connectivity index (χ3n) is 8.66. The maximum atomic E-state index is 14.2. The van der Waals surface area contributed by atoms with Crippen molar-refractivity contribution in [3.63, 3.8) is 0 Å². The highest BCUT2D eigenvalue weighted by atomic mass is 16.6. The monoisotopic (exact) mass is 689 g/mol. The normalized spacial score (nSPS) is 17.4. The van der Waals surface area contributed by atoms with Gasteiger partial charge in [0.15, 0.2) is 12.2 Å². The van der Waals surface area contributed by atoms with E-state index in [9.17, 15) is 29.1 Å². The van der Waals surface area contributed by atoms with Crippen LogP contribution in [0.4, 0.5) is 10.5 Å². The van der Waals surface area contributed by atoms with Gasteiger partial charge in [0.2, 0.25) is 0 Å². The van der Waals surface area contributed by atoms with Crippen molar-refractivity contribution in [2.45, 2.75) is 110 Å². The average Bonchev–Trinajstić information content (AvgIpc) is 3.87. The van der Waals surface area contributed by atoms with Crippen LogP contribution in [0.5, 0.6) is 0 Å². The maximum absolute atomic E-state index is 14.2. The van der Waals surface area contributed by atoms with E-state index in [-0.39, 0.29) is 18.8 Å². The quantitative estimate of drug-likeness (QED) is 0.195. The van der Waals surface area contributed by atoms with E-state index in [2.05, 4.69) is 4.90 Å². The molecule has 0 radical (unpaired) electrons. The van der Waals surface area contributed by atoms with Gasteiger partial charge in [-0.25, -0.2) is 19.2 Å². The van der Waals surface area contributed by atoms with Crippen LogP contribution in [0, 0.1) is 11.8 Å². The molecule has 274 valence electrons. The topological polar surface area (TPSA) is 152 Å². The van der Waals surface area contributed by atoms with Crippen molar-refractivity contribution in [3.8, 4) is 0 Å². The summed E-state index contributed by atoms with van der Waals surface area (Å²) in [6, 6.07) is 5.47. The molecule has 1 saturated carbocycles. The summed E-state index contributed by atoms with van der Waals surface area (Å²) in [5.74, 6) is -3.19. The molecule has 2 aliphatic rings. The van der Waals surface area contributed by atoms with Gasteiger partial charge in [0.1, 0.15) is 17.7 Å². The lowest BCUT2D eigenvalue weighted by molar-refractivity contribution is -0.172. The Labute approximate surface area is 290 Å². The first-order valence-corrected chi connectivity index (χ1v) is 17.2. The maximum Gasteiger partial charge on any atom is 0.410 e. The second kappa shape index (κ2) is 17.7. The van der Waals surface area contributed by atoms with Gasteiger partial charge >= 0.3 is 24.0 Å². The number of carbonyl (C=O) groups excluding carboxylic acids is 4. The number of ether oxygens (including phenoxy) is 4. The number of nitrogens with zero attached hydrogens (tertiary/aromatic N) is 3. The Hall–Kier alpha value is -3.87. The fourth-order valence-electron chi connectivity index (χ4n) is 5.55. The molecule has 4 atom stereocenters. The van der Waals surface area contributed by atoms with Gasteiger partial charge in [0.25, 0.3) is 5.91 Å². The minimum atomic E-state index is -1.42. The number of aliphatic carboxylic acids is 1. The number of hydrogen-bond acceptors (Lipinski definition) is 10. The van der Waals surface area contributed by atoms with Gasteiger partial charge in [-0.1, -0.05) is 38.8 Å². The van der Waals surface area contributed by atoms with Crippen molar-refractivity contribution in [2.75, 3.05) is 45.3 Å².